The fourth-order valence-electron chi connectivity index (χ4n) is 4.01. The van der Waals surface area contributed by atoms with Gasteiger partial charge in [0.1, 0.15) is 0 Å². The lowest BCUT2D eigenvalue weighted by Gasteiger charge is -2.11. The number of halogens is 1. The van der Waals surface area contributed by atoms with Crippen molar-refractivity contribution in [3.63, 3.8) is 0 Å². The number of hydrogen-bond donors (Lipinski definition) is 1. The van der Waals surface area contributed by atoms with Gasteiger partial charge in [-0.3, -0.25) is 4.99 Å². The molecule has 1 atom stereocenters. The van der Waals surface area contributed by atoms with Gasteiger partial charge in [0.25, 0.3) is 0 Å². The molecule has 3 heteroatoms. The van der Waals surface area contributed by atoms with E-state index in [0.29, 0.717) is 5.02 Å². The first-order valence-electron chi connectivity index (χ1n) is 10.8. The van der Waals surface area contributed by atoms with E-state index in [0.717, 1.165) is 34.5 Å². The van der Waals surface area contributed by atoms with E-state index in [-0.39, 0.29) is 6.04 Å². The number of anilines is 1. The lowest BCUT2D eigenvalue weighted by atomic mass is 10.0. The predicted molar refractivity (Wildman–Crippen MR) is 137 cm³/mol. The van der Waals surface area contributed by atoms with Gasteiger partial charge in [-0.2, -0.15) is 0 Å². The topological polar surface area (TPSA) is 24.4 Å². The Hall–Kier alpha value is -3.62. The third-order valence-corrected chi connectivity index (χ3v) is 6.06. The van der Waals surface area contributed by atoms with Crippen molar-refractivity contribution in [3.05, 3.63) is 130 Å². The number of fused-ring (bicyclic) bond motifs is 1. The minimum Gasteiger partial charge on any atom is -0.378 e. The zero-order chi connectivity index (χ0) is 21.8. The van der Waals surface area contributed by atoms with Crippen molar-refractivity contribution in [2.45, 2.75) is 12.5 Å². The molecule has 0 saturated carbocycles. The number of aliphatic imine (C=N–C) groups is 1. The van der Waals surface area contributed by atoms with Crippen LogP contribution in [0.5, 0.6) is 0 Å². The maximum atomic E-state index is 6.33. The summed E-state index contributed by atoms with van der Waals surface area (Å²) in [5, 5.41) is 4.37. The molecule has 0 radical (unpaired) electrons. The van der Waals surface area contributed by atoms with Gasteiger partial charge in [-0.05, 0) is 41.3 Å². The van der Waals surface area contributed by atoms with Crippen LogP contribution in [0.15, 0.2) is 102 Å². The van der Waals surface area contributed by atoms with Gasteiger partial charge in [-0.1, -0.05) is 103 Å². The van der Waals surface area contributed by atoms with Crippen molar-refractivity contribution >= 4 is 41.3 Å². The molecular formula is C29H23ClN2. The minimum atomic E-state index is 0.278. The number of nitrogens with one attached hydrogen (secondary N) is 1. The second-order valence-electron chi connectivity index (χ2n) is 7.90. The SMILES string of the molecule is Clc1ccccc1C=Nc1cc2c(cc1C=Cc1ccccc1)C[C@@H](c1ccccc1)N2. The van der Waals surface area contributed by atoms with E-state index in [4.69, 9.17) is 16.6 Å². The molecule has 4 aromatic rings. The molecule has 1 aliphatic rings. The molecule has 0 aliphatic carbocycles. The summed E-state index contributed by atoms with van der Waals surface area (Å²) in [7, 11) is 0. The van der Waals surface area contributed by atoms with Crippen LogP contribution in [-0.2, 0) is 6.42 Å². The fraction of sp³-hybridized carbons (Fsp3) is 0.0690. The summed E-state index contributed by atoms with van der Waals surface area (Å²) in [4.78, 5) is 4.82. The smallest absolute Gasteiger partial charge is 0.0722 e. The Labute approximate surface area is 193 Å². The van der Waals surface area contributed by atoms with E-state index >= 15 is 0 Å². The highest BCUT2D eigenvalue weighted by Gasteiger charge is 2.23. The molecule has 0 fully saturated rings. The summed E-state index contributed by atoms with van der Waals surface area (Å²) in [6.45, 7) is 0. The maximum absolute atomic E-state index is 6.33. The average molecular weight is 435 g/mol. The Morgan fingerprint density at radius 2 is 1.50 bits per heavy atom. The summed E-state index contributed by atoms with van der Waals surface area (Å²) in [6, 6.07) is 33.4. The maximum Gasteiger partial charge on any atom is 0.0722 e. The molecule has 4 aromatic carbocycles. The zero-order valence-electron chi connectivity index (χ0n) is 17.6. The van der Waals surface area contributed by atoms with Crippen molar-refractivity contribution in [3.8, 4) is 0 Å². The lowest BCUT2D eigenvalue weighted by Crippen LogP contribution is -2.04. The van der Waals surface area contributed by atoms with Gasteiger partial charge < -0.3 is 5.32 Å². The molecule has 5 rings (SSSR count). The molecule has 32 heavy (non-hydrogen) atoms. The number of benzene rings is 4. The number of nitrogens with zero attached hydrogens (tertiary/aromatic N) is 1. The molecule has 1 N–H and O–H groups in total. The second kappa shape index (κ2) is 9.25. The Balaban J connectivity index is 1.51. The van der Waals surface area contributed by atoms with Crippen LogP contribution >= 0.6 is 11.6 Å². The van der Waals surface area contributed by atoms with Crippen LogP contribution in [-0.4, -0.2) is 6.21 Å². The highest BCUT2D eigenvalue weighted by molar-refractivity contribution is 6.33. The van der Waals surface area contributed by atoms with Crippen LogP contribution in [0, 0.1) is 0 Å². The molecule has 0 unspecified atom stereocenters. The monoisotopic (exact) mass is 434 g/mol. The lowest BCUT2D eigenvalue weighted by molar-refractivity contribution is 0.824. The fourth-order valence-corrected chi connectivity index (χ4v) is 4.20. The molecule has 0 bridgehead atoms. The average Bonchev–Trinajstić information content (AvgIpc) is 3.26. The number of hydrogen-bond acceptors (Lipinski definition) is 2. The van der Waals surface area contributed by atoms with Gasteiger partial charge in [0.2, 0.25) is 0 Å². The first kappa shape index (κ1) is 20.3. The van der Waals surface area contributed by atoms with Crippen molar-refractivity contribution in [1.29, 1.82) is 0 Å². The molecule has 1 heterocycles. The van der Waals surface area contributed by atoms with Crippen LogP contribution in [0.25, 0.3) is 12.2 Å². The Morgan fingerprint density at radius 1 is 0.781 bits per heavy atom. The molecule has 0 spiro atoms. The van der Waals surface area contributed by atoms with E-state index in [9.17, 15) is 0 Å². The quantitative estimate of drug-likeness (QED) is 0.250. The standard InChI is InChI=1S/C29H23ClN2/c30-26-14-8-7-13-24(26)20-31-27-19-29-25(18-28(32-29)22-11-5-2-6-12-22)17-23(27)16-15-21-9-3-1-4-10-21/h1-17,19-20,28,32H,18H2/t28-/m0/s1. The van der Waals surface area contributed by atoms with Gasteiger partial charge in [-0.25, -0.2) is 0 Å². The Bertz CT molecular complexity index is 1280. The Morgan fingerprint density at radius 3 is 2.28 bits per heavy atom. The van der Waals surface area contributed by atoms with Crippen molar-refractivity contribution < 1.29 is 0 Å². The van der Waals surface area contributed by atoms with E-state index in [2.05, 4.69) is 72.1 Å². The third-order valence-electron chi connectivity index (χ3n) is 5.71. The molecule has 1 aliphatic heterocycles. The largest absolute Gasteiger partial charge is 0.378 e. The third kappa shape index (κ3) is 4.51. The van der Waals surface area contributed by atoms with Crippen molar-refractivity contribution in [2.75, 3.05) is 5.32 Å². The summed E-state index contributed by atoms with van der Waals surface area (Å²) in [5.74, 6) is 0. The van der Waals surface area contributed by atoms with Gasteiger partial charge in [-0.15, -0.1) is 0 Å². The normalized spacial score (nSPS) is 15.2. The van der Waals surface area contributed by atoms with Gasteiger partial charge >= 0.3 is 0 Å². The highest BCUT2D eigenvalue weighted by atomic mass is 35.5. The molecule has 0 aromatic heterocycles. The van der Waals surface area contributed by atoms with Crippen LogP contribution in [0.3, 0.4) is 0 Å². The summed E-state index contributed by atoms with van der Waals surface area (Å²) in [6.07, 6.45) is 7.08. The van der Waals surface area contributed by atoms with Crippen LogP contribution < -0.4 is 5.32 Å². The second-order valence-corrected chi connectivity index (χ2v) is 8.31. The van der Waals surface area contributed by atoms with E-state index in [1.807, 2.05) is 48.7 Å². The van der Waals surface area contributed by atoms with E-state index in [1.54, 1.807) is 0 Å². The first-order valence-corrected chi connectivity index (χ1v) is 11.1. The summed E-state index contributed by atoms with van der Waals surface area (Å²) < 4.78 is 0. The summed E-state index contributed by atoms with van der Waals surface area (Å²) >= 11 is 6.33. The molecule has 156 valence electrons. The van der Waals surface area contributed by atoms with E-state index in [1.165, 1.54) is 11.1 Å². The van der Waals surface area contributed by atoms with E-state index < -0.39 is 0 Å². The van der Waals surface area contributed by atoms with Crippen LogP contribution in [0.1, 0.15) is 33.9 Å². The van der Waals surface area contributed by atoms with Gasteiger partial charge in [0.05, 0.1) is 11.7 Å². The van der Waals surface area contributed by atoms with Crippen molar-refractivity contribution in [2.24, 2.45) is 4.99 Å². The van der Waals surface area contributed by atoms with Crippen LogP contribution in [0.4, 0.5) is 11.4 Å². The predicted octanol–water partition coefficient (Wildman–Crippen LogP) is 7.97. The van der Waals surface area contributed by atoms with Gasteiger partial charge in [0.15, 0.2) is 0 Å². The first-order chi connectivity index (χ1) is 15.8. The molecule has 0 saturated heterocycles. The van der Waals surface area contributed by atoms with Gasteiger partial charge in [0, 0.05) is 28.1 Å². The van der Waals surface area contributed by atoms with Crippen molar-refractivity contribution in [1.82, 2.24) is 0 Å². The molecular weight excluding hydrogens is 412 g/mol. The minimum absolute atomic E-state index is 0.278. The Kier molecular flexibility index (Phi) is 5.87. The molecule has 2 nitrogen and oxygen atoms in total. The molecule has 0 amide bonds. The van der Waals surface area contributed by atoms with Crippen LogP contribution in [0.2, 0.25) is 5.02 Å². The highest BCUT2D eigenvalue weighted by Crippen LogP contribution is 2.39. The summed E-state index contributed by atoms with van der Waals surface area (Å²) in [5.41, 5.74) is 7.82. The number of rotatable bonds is 5. The zero-order valence-corrected chi connectivity index (χ0v) is 18.3.